The number of carbonyl (C=O) groups is 3. The van der Waals surface area contributed by atoms with Crippen molar-refractivity contribution in [2.75, 3.05) is 56.0 Å². The van der Waals surface area contributed by atoms with Crippen LogP contribution in [-0.4, -0.2) is 79.4 Å². The zero-order valence-electron chi connectivity index (χ0n) is 20.2. The average molecular weight is 482 g/mol. The Kier molecular flexibility index (Phi) is 7.65. The summed E-state index contributed by atoms with van der Waals surface area (Å²) < 4.78 is 14.1. The summed E-state index contributed by atoms with van der Waals surface area (Å²) in [5.41, 5.74) is 3.31. The molecule has 0 radical (unpaired) electrons. The molecule has 0 bridgehead atoms. The summed E-state index contributed by atoms with van der Waals surface area (Å²) >= 11 is 0. The maximum Gasteiger partial charge on any atom is 0.243 e. The minimum atomic E-state index is -0.846. The van der Waals surface area contributed by atoms with Gasteiger partial charge in [-0.15, -0.1) is 0 Å². The maximum atomic E-state index is 14.1. The molecule has 35 heavy (non-hydrogen) atoms. The molecule has 186 valence electrons. The van der Waals surface area contributed by atoms with Crippen LogP contribution in [0.1, 0.15) is 17.5 Å². The van der Waals surface area contributed by atoms with Crippen molar-refractivity contribution in [2.45, 2.75) is 26.3 Å². The van der Waals surface area contributed by atoms with E-state index in [2.05, 4.69) is 10.6 Å². The van der Waals surface area contributed by atoms with E-state index in [9.17, 15) is 18.8 Å². The lowest BCUT2D eigenvalue weighted by atomic mass is 10.1. The first-order chi connectivity index (χ1) is 16.8. The lowest BCUT2D eigenvalue weighted by Gasteiger charge is -2.39. The van der Waals surface area contributed by atoms with Gasteiger partial charge in [-0.05, 0) is 49.2 Å². The van der Waals surface area contributed by atoms with Crippen LogP contribution in [0.15, 0.2) is 42.5 Å². The van der Waals surface area contributed by atoms with E-state index in [0.717, 1.165) is 11.1 Å². The SMILES string of the molecule is Cc1cc(C)cc(NC(=O)CC2C(=O)NCCN2C(=O)CN2CCN(c3ccccc3F)CC2)c1. The van der Waals surface area contributed by atoms with Crippen LogP contribution in [0.5, 0.6) is 0 Å². The van der Waals surface area contributed by atoms with Crippen LogP contribution in [0.25, 0.3) is 0 Å². The third-order valence-corrected chi connectivity index (χ3v) is 6.46. The van der Waals surface area contributed by atoms with Gasteiger partial charge in [0, 0.05) is 45.0 Å². The van der Waals surface area contributed by atoms with E-state index in [-0.39, 0.29) is 36.5 Å². The normalized spacial score (nSPS) is 18.8. The van der Waals surface area contributed by atoms with Crippen LogP contribution < -0.4 is 15.5 Å². The van der Waals surface area contributed by atoms with Crippen molar-refractivity contribution in [2.24, 2.45) is 0 Å². The molecule has 2 N–H and O–H groups in total. The minimum absolute atomic E-state index is 0.106. The van der Waals surface area contributed by atoms with Crippen molar-refractivity contribution in [1.29, 1.82) is 0 Å². The van der Waals surface area contributed by atoms with E-state index >= 15 is 0 Å². The molecular weight excluding hydrogens is 449 g/mol. The predicted octanol–water partition coefficient (Wildman–Crippen LogP) is 1.92. The molecule has 2 heterocycles. The largest absolute Gasteiger partial charge is 0.367 e. The molecule has 0 aromatic heterocycles. The van der Waals surface area contributed by atoms with Gasteiger partial charge in [0.1, 0.15) is 11.9 Å². The molecule has 8 nitrogen and oxygen atoms in total. The number of para-hydroxylation sites is 1. The van der Waals surface area contributed by atoms with Gasteiger partial charge in [-0.25, -0.2) is 4.39 Å². The molecular formula is C26H32FN5O3. The van der Waals surface area contributed by atoms with Gasteiger partial charge >= 0.3 is 0 Å². The molecule has 2 aliphatic heterocycles. The Morgan fingerprint density at radius 2 is 1.71 bits per heavy atom. The highest BCUT2D eigenvalue weighted by atomic mass is 19.1. The highest BCUT2D eigenvalue weighted by Crippen LogP contribution is 2.21. The molecule has 0 spiro atoms. The molecule has 4 rings (SSSR count). The van der Waals surface area contributed by atoms with E-state index in [0.29, 0.717) is 50.6 Å². The lowest BCUT2D eigenvalue weighted by Crippen LogP contribution is -2.60. The third-order valence-electron chi connectivity index (χ3n) is 6.46. The van der Waals surface area contributed by atoms with Crippen molar-refractivity contribution in [3.8, 4) is 0 Å². The van der Waals surface area contributed by atoms with Crippen molar-refractivity contribution < 1.29 is 18.8 Å². The van der Waals surface area contributed by atoms with Gasteiger partial charge < -0.3 is 20.4 Å². The van der Waals surface area contributed by atoms with Crippen LogP contribution in [0, 0.1) is 19.7 Å². The number of aryl methyl sites for hydroxylation is 2. The molecule has 2 aliphatic rings. The van der Waals surface area contributed by atoms with E-state index in [4.69, 9.17) is 0 Å². The van der Waals surface area contributed by atoms with Crippen molar-refractivity contribution in [1.82, 2.24) is 15.1 Å². The van der Waals surface area contributed by atoms with Gasteiger partial charge in [-0.2, -0.15) is 0 Å². The van der Waals surface area contributed by atoms with Gasteiger partial charge in [0.2, 0.25) is 17.7 Å². The summed E-state index contributed by atoms with van der Waals surface area (Å²) in [4.78, 5) is 44.0. The fraction of sp³-hybridized carbons (Fsp3) is 0.423. The molecule has 2 aromatic rings. The quantitative estimate of drug-likeness (QED) is 0.659. The molecule has 2 saturated heterocycles. The molecule has 3 amide bonds. The molecule has 9 heteroatoms. The lowest BCUT2D eigenvalue weighted by molar-refractivity contribution is -0.145. The predicted molar refractivity (Wildman–Crippen MR) is 133 cm³/mol. The number of hydrogen-bond acceptors (Lipinski definition) is 5. The summed E-state index contributed by atoms with van der Waals surface area (Å²) in [5.74, 6) is -1.06. The standard InChI is InChI=1S/C26H32FN5O3/c1-18-13-19(2)15-20(14-18)29-24(33)16-23-26(35)28-7-8-32(23)25(34)17-30-9-11-31(12-10-30)22-6-4-3-5-21(22)27/h3-6,13-15,23H,7-12,16-17H2,1-2H3,(H,28,35)(H,29,33). The number of carbonyl (C=O) groups excluding carboxylic acids is 3. The third kappa shape index (κ3) is 6.16. The highest BCUT2D eigenvalue weighted by molar-refractivity contribution is 5.97. The van der Waals surface area contributed by atoms with E-state index in [1.54, 1.807) is 12.1 Å². The van der Waals surface area contributed by atoms with Crippen molar-refractivity contribution in [3.05, 3.63) is 59.4 Å². The number of anilines is 2. The van der Waals surface area contributed by atoms with Crippen molar-refractivity contribution in [3.63, 3.8) is 0 Å². The Morgan fingerprint density at radius 1 is 1.03 bits per heavy atom. The van der Waals surface area contributed by atoms with Gasteiger partial charge in [0.25, 0.3) is 0 Å². The Morgan fingerprint density at radius 3 is 2.40 bits per heavy atom. The first-order valence-corrected chi connectivity index (χ1v) is 12.0. The maximum absolute atomic E-state index is 14.1. The molecule has 1 unspecified atom stereocenters. The second-order valence-corrected chi connectivity index (χ2v) is 9.24. The number of nitrogens with zero attached hydrogens (tertiary/aromatic N) is 3. The van der Waals surface area contributed by atoms with Crippen molar-refractivity contribution >= 4 is 29.1 Å². The van der Waals surface area contributed by atoms with Crippen LogP contribution in [0.3, 0.4) is 0 Å². The van der Waals surface area contributed by atoms with E-state index in [1.807, 2.05) is 47.9 Å². The number of nitrogens with one attached hydrogen (secondary N) is 2. The van der Waals surface area contributed by atoms with Gasteiger partial charge in [-0.1, -0.05) is 18.2 Å². The molecule has 0 aliphatic carbocycles. The Bertz CT molecular complexity index is 1080. The fourth-order valence-corrected chi connectivity index (χ4v) is 4.79. The summed E-state index contributed by atoms with van der Waals surface area (Å²) in [6.07, 6.45) is -0.106. The van der Waals surface area contributed by atoms with Gasteiger partial charge in [-0.3, -0.25) is 19.3 Å². The Balaban J connectivity index is 1.34. The Labute approximate surface area is 205 Å². The van der Waals surface area contributed by atoms with Gasteiger partial charge in [0.15, 0.2) is 0 Å². The van der Waals surface area contributed by atoms with Gasteiger partial charge in [0.05, 0.1) is 18.7 Å². The highest BCUT2D eigenvalue weighted by Gasteiger charge is 2.35. The summed E-state index contributed by atoms with van der Waals surface area (Å²) in [5, 5.41) is 5.62. The molecule has 2 aromatic carbocycles. The second-order valence-electron chi connectivity index (χ2n) is 9.24. The van der Waals surface area contributed by atoms with E-state index < -0.39 is 6.04 Å². The minimum Gasteiger partial charge on any atom is -0.367 e. The topological polar surface area (TPSA) is 85.0 Å². The van der Waals surface area contributed by atoms with Crippen LogP contribution in [0.4, 0.5) is 15.8 Å². The first kappa shape index (κ1) is 24.7. The van der Waals surface area contributed by atoms with Crippen LogP contribution in [-0.2, 0) is 14.4 Å². The number of hydrogen-bond donors (Lipinski definition) is 2. The first-order valence-electron chi connectivity index (χ1n) is 12.0. The number of rotatable bonds is 6. The Hall–Kier alpha value is -3.46. The van der Waals surface area contributed by atoms with Crippen LogP contribution in [0.2, 0.25) is 0 Å². The number of benzene rings is 2. The monoisotopic (exact) mass is 481 g/mol. The van der Waals surface area contributed by atoms with Crippen LogP contribution >= 0.6 is 0 Å². The number of halogens is 1. The fourth-order valence-electron chi connectivity index (χ4n) is 4.79. The number of amides is 3. The smallest absolute Gasteiger partial charge is 0.243 e. The summed E-state index contributed by atoms with van der Waals surface area (Å²) in [6.45, 7) is 7.22. The second kappa shape index (κ2) is 10.9. The zero-order valence-corrected chi connectivity index (χ0v) is 20.2. The number of piperazine rings is 2. The zero-order chi connectivity index (χ0) is 24.9. The summed E-state index contributed by atoms with van der Waals surface area (Å²) in [6, 6.07) is 11.6. The summed E-state index contributed by atoms with van der Waals surface area (Å²) in [7, 11) is 0. The van der Waals surface area contributed by atoms with E-state index in [1.165, 1.54) is 11.0 Å². The molecule has 0 saturated carbocycles. The average Bonchev–Trinajstić information content (AvgIpc) is 2.80. The molecule has 2 fully saturated rings. The molecule has 1 atom stereocenters.